The van der Waals surface area contributed by atoms with Crippen molar-refractivity contribution in [3.05, 3.63) is 42.0 Å². The second-order valence-corrected chi connectivity index (χ2v) is 5.03. The third-order valence-corrected chi connectivity index (χ3v) is 3.52. The Labute approximate surface area is 115 Å². The van der Waals surface area contributed by atoms with Crippen LogP contribution in [0, 0.1) is 0 Å². The van der Waals surface area contributed by atoms with Gasteiger partial charge in [0.1, 0.15) is 5.75 Å². The van der Waals surface area contributed by atoms with Crippen LogP contribution in [0.3, 0.4) is 0 Å². The normalized spacial score (nSPS) is 12.9. The van der Waals surface area contributed by atoms with E-state index in [9.17, 15) is 0 Å². The van der Waals surface area contributed by atoms with Crippen LogP contribution in [0.4, 0.5) is 0 Å². The average Bonchev–Trinajstić information content (AvgIpc) is 2.43. The molecule has 0 saturated carbocycles. The lowest BCUT2D eigenvalue weighted by molar-refractivity contribution is 0.287. The second kappa shape index (κ2) is 6.04. The van der Waals surface area contributed by atoms with Crippen LogP contribution in [0.15, 0.2) is 36.4 Å². The van der Waals surface area contributed by atoms with E-state index < -0.39 is 0 Å². The molecule has 1 unspecified atom stereocenters. The molecule has 2 aromatic rings. The Morgan fingerprint density at radius 2 is 1.79 bits per heavy atom. The first-order chi connectivity index (χ1) is 9.15. The lowest BCUT2D eigenvalue weighted by atomic mass is 9.99. The lowest BCUT2D eigenvalue weighted by Gasteiger charge is -2.24. The summed E-state index contributed by atoms with van der Waals surface area (Å²) in [5.74, 6) is 0.895. The van der Waals surface area contributed by atoms with E-state index in [2.05, 4.69) is 49.3 Å². The first kappa shape index (κ1) is 13.8. The van der Waals surface area contributed by atoms with E-state index in [-0.39, 0.29) is 0 Å². The zero-order chi connectivity index (χ0) is 13.8. The predicted molar refractivity (Wildman–Crippen MR) is 80.6 cm³/mol. The summed E-state index contributed by atoms with van der Waals surface area (Å²) in [7, 11) is 5.88. The van der Waals surface area contributed by atoms with Crippen molar-refractivity contribution in [2.75, 3.05) is 27.7 Å². The molecule has 3 heteroatoms. The first-order valence-electron chi connectivity index (χ1n) is 6.60. The van der Waals surface area contributed by atoms with Crippen LogP contribution in [0.2, 0.25) is 0 Å². The highest BCUT2D eigenvalue weighted by Crippen LogP contribution is 2.27. The maximum Gasteiger partial charge on any atom is 0.119 e. The fraction of sp³-hybridized carbons (Fsp3) is 0.375. The third-order valence-electron chi connectivity index (χ3n) is 3.52. The van der Waals surface area contributed by atoms with Gasteiger partial charge in [-0.05, 0) is 61.6 Å². The van der Waals surface area contributed by atoms with Gasteiger partial charge < -0.3 is 15.4 Å². The number of nitrogens with two attached hydrogens (primary N) is 1. The molecular formula is C16H22N2O. The minimum atomic E-state index is 0.372. The fourth-order valence-corrected chi connectivity index (χ4v) is 2.46. The van der Waals surface area contributed by atoms with E-state index in [4.69, 9.17) is 10.5 Å². The topological polar surface area (TPSA) is 38.5 Å². The molecule has 3 nitrogen and oxygen atoms in total. The minimum Gasteiger partial charge on any atom is -0.497 e. The molecule has 0 aliphatic rings. The number of nitrogens with zero attached hydrogens (tertiary/aromatic N) is 1. The molecule has 0 aromatic heterocycles. The molecule has 0 fully saturated rings. The summed E-state index contributed by atoms with van der Waals surface area (Å²) in [5.41, 5.74) is 7.02. The van der Waals surface area contributed by atoms with Gasteiger partial charge >= 0.3 is 0 Å². The van der Waals surface area contributed by atoms with E-state index in [0.717, 1.165) is 12.2 Å². The van der Waals surface area contributed by atoms with Gasteiger partial charge in [0.25, 0.3) is 0 Å². The molecule has 2 rings (SSSR count). The predicted octanol–water partition coefficient (Wildman–Crippen LogP) is 2.80. The average molecular weight is 258 g/mol. The Morgan fingerprint density at radius 3 is 2.42 bits per heavy atom. The summed E-state index contributed by atoms with van der Waals surface area (Å²) < 4.78 is 5.25. The lowest BCUT2D eigenvalue weighted by Crippen LogP contribution is -2.22. The molecule has 0 radical (unpaired) electrons. The van der Waals surface area contributed by atoms with Crippen LogP contribution in [0.25, 0.3) is 10.8 Å². The first-order valence-corrected chi connectivity index (χ1v) is 6.60. The highest BCUT2D eigenvalue weighted by atomic mass is 16.5. The maximum absolute atomic E-state index is 5.71. The third kappa shape index (κ3) is 3.06. The summed E-state index contributed by atoms with van der Waals surface area (Å²) in [5, 5.41) is 2.44. The molecule has 0 amide bonds. The monoisotopic (exact) mass is 258 g/mol. The standard InChI is InChI=1S/C16H22N2O/c1-18(2)16(8-9-17)14-5-4-13-11-15(19-3)7-6-12(13)10-14/h4-7,10-11,16H,8-9,17H2,1-3H3. The smallest absolute Gasteiger partial charge is 0.119 e. The molecule has 2 N–H and O–H groups in total. The molecular weight excluding hydrogens is 236 g/mol. The molecule has 0 aliphatic carbocycles. The van der Waals surface area contributed by atoms with Crippen molar-refractivity contribution in [2.24, 2.45) is 5.73 Å². The van der Waals surface area contributed by atoms with Crippen molar-refractivity contribution >= 4 is 10.8 Å². The van der Waals surface area contributed by atoms with Crippen molar-refractivity contribution in [3.8, 4) is 5.75 Å². The second-order valence-electron chi connectivity index (χ2n) is 5.03. The van der Waals surface area contributed by atoms with Gasteiger partial charge in [-0.3, -0.25) is 0 Å². The molecule has 19 heavy (non-hydrogen) atoms. The summed E-state index contributed by atoms with van der Waals surface area (Å²) in [6, 6.07) is 13.1. The zero-order valence-electron chi connectivity index (χ0n) is 11.9. The van der Waals surface area contributed by atoms with E-state index in [1.165, 1.54) is 16.3 Å². The highest BCUT2D eigenvalue weighted by molar-refractivity contribution is 5.84. The van der Waals surface area contributed by atoms with Gasteiger partial charge in [-0.15, -0.1) is 0 Å². The van der Waals surface area contributed by atoms with Crippen LogP contribution in [-0.2, 0) is 0 Å². The Balaban J connectivity index is 2.40. The minimum absolute atomic E-state index is 0.372. The number of methoxy groups -OCH3 is 1. The number of ether oxygens (including phenoxy) is 1. The number of fused-ring (bicyclic) bond motifs is 1. The molecule has 0 spiro atoms. The Morgan fingerprint density at radius 1 is 1.11 bits per heavy atom. The Bertz CT molecular complexity index is 551. The van der Waals surface area contributed by atoms with E-state index >= 15 is 0 Å². The molecule has 0 heterocycles. The van der Waals surface area contributed by atoms with E-state index in [1.807, 2.05) is 6.07 Å². The molecule has 0 aliphatic heterocycles. The Hall–Kier alpha value is -1.58. The molecule has 1 atom stereocenters. The van der Waals surface area contributed by atoms with Crippen LogP contribution in [0.5, 0.6) is 5.75 Å². The fourth-order valence-electron chi connectivity index (χ4n) is 2.46. The number of hydrogen-bond donors (Lipinski definition) is 1. The van der Waals surface area contributed by atoms with Crippen molar-refractivity contribution < 1.29 is 4.74 Å². The van der Waals surface area contributed by atoms with Crippen molar-refractivity contribution in [2.45, 2.75) is 12.5 Å². The molecule has 2 aromatic carbocycles. The SMILES string of the molecule is COc1ccc2cc(C(CCN)N(C)C)ccc2c1. The van der Waals surface area contributed by atoms with Gasteiger partial charge in [-0.1, -0.05) is 18.2 Å². The van der Waals surface area contributed by atoms with Gasteiger partial charge in [-0.25, -0.2) is 0 Å². The summed E-state index contributed by atoms with van der Waals surface area (Å²) >= 11 is 0. The van der Waals surface area contributed by atoms with Gasteiger partial charge in [0.2, 0.25) is 0 Å². The Kier molecular flexibility index (Phi) is 4.40. The van der Waals surface area contributed by atoms with Crippen LogP contribution in [-0.4, -0.2) is 32.6 Å². The highest BCUT2D eigenvalue weighted by Gasteiger charge is 2.13. The van der Waals surface area contributed by atoms with Gasteiger partial charge in [0.05, 0.1) is 7.11 Å². The zero-order valence-corrected chi connectivity index (χ0v) is 11.9. The van der Waals surface area contributed by atoms with E-state index in [0.29, 0.717) is 12.6 Å². The quantitative estimate of drug-likeness (QED) is 0.896. The number of benzene rings is 2. The maximum atomic E-state index is 5.71. The van der Waals surface area contributed by atoms with Crippen LogP contribution in [0.1, 0.15) is 18.0 Å². The van der Waals surface area contributed by atoms with Gasteiger partial charge in [-0.2, -0.15) is 0 Å². The van der Waals surface area contributed by atoms with Crippen LogP contribution >= 0.6 is 0 Å². The van der Waals surface area contributed by atoms with Crippen LogP contribution < -0.4 is 10.5 Å². The van der Waals surface area contributed by atoms with Crippen molar-refractivity contribution in [1.82, 2.24) is 4.90 Å². The molecule has 102 valence electrons. The number of hydrogen-bond acceptors (Lipinski definition) is 3. The molecule has 0 saturated heterocycles. The van der Waals surface area contributed by atoms with E-state index in [1.54, 1.807) is 7.11 Å². The van der Waals surface area contributed by atoms with Crippen molar-refractivity contribution in [3.63, 3.8) is 0 Å². The summed E-state index contributed by atoms with van der Waals surface area (Å²) in [6.07, 6.45) is 0.967. The van der Waals surface area contributed by atoms with Crippen molar-refractivity contribution in [1.29, 1.82) is 0 Å². The van der Waals surface area contributed by atoms with Gasteiger partial charge in [0, 0.05) is 6.04 Å². The largest absolute Gasteiger partial charge is 0.497 e. The molecule has 0 bridgehead atoms. The number of rotatable bonds is 5. The summed E-state index contributed by atoms with van der Waals surface area (Å²) in [4.78, 5) is 2.22. The van der Waals surface area contributed by atoms with Gasteiger partial charge in [0.15, 0.2) is 0 Å². The summed E-state index contributed by atoms with van der Waals surface area (Å²) in [6.45, 7) is 0.698.